The van der Waals surface area contributed by atoms with Crippen LogP contribution in [0.5, 0.6) is 0 Å². The van der Waals surface area contributed by atoms with Crippen LogP contribution in [-0.2, 0) is 16.0 Å². The molecule has 0 aliphatic heterocycles. The lowest BCUT2D eigenvalue weighted by Crippen LogP contribution is -2.05. The van der Waals surface area contributed by atoms with E-state index >= 15 is 0 Å². The Morgan fingerprint density at radius 2 is 2.06 bits per heavy atom. The highest BCUT2D eigenvalue weighted by Crippen LogP contribution is 2.07. The summed E-state index contributed by atoms with van der Waals surface area (Å²) in [6.45, 7) is 6.21. The van der Waals surface area contributed by atoms with Gasteiger partial charge in [-0.25, -0.2) is 0 Å². The van der Waals surface area contributed by atoms with Gasteiger partial charge in [-0.2, -0.15) is 0 Å². The van der Waals surface area contributed by atoms with Gasteiger partial charge < -0.3 is 4.74 Å². The molecule has 0 saturated heterocycles. The summed E-state index contributed by atoms with van der Waals surface area (Å²) in [6, 6.07) is 8.27. The number of ether oxygens (including phenoxy) is 1. The van der Waals surface area contributed by atoms with Crippen LogP contribution in [0.25, 0.3) is 6.08 Å². The van der Waals surface area contributed by atoms with Gasteiger partial charge in [0.1, 0.15) is 0 Å². The van der Waals surface area contributed by atoms with Crippen molar-refractivity contribution in [2.45, 2.75) is 32.6 Å². The molecule has 0 saturated carbocycles. The number of carbonyl (C=O) groups is 1. The fourth-order valence-electron chi connectivity index (χ4n) is 1.56. The quantitative estimate of drug-likeness (QED) is 0.530. The van der Waals surface area contributed by atoms with Gasteiger partial charge in [0.25, 0.3) is 0 Å². The fourth-order valence-corrected chi connectivity index (χ4v) is 1.56. The Bertz CT molecular complexity index is 352. The second-order valence-electron chi connectivity index (χ2n) is 4.02. The molecule has 17 heavy (non-hydrogen) atoms. The molecule has 0 heterocycles. The average Bonchev–Trinajstić information content (AvgIpc) is 2.36. The molecule has 0 fully saturated rings. The predicted octanol–water partition coefficient (Wildman–Crippen LogP) is 3.61. The highest BCUT2D eigenvalue weighted by Gasteiger charge is 2.00. The summed E-state index contributed by atoms with van der Waals surface area (Å²) in [4.78, 5) is 11.1. The van der Waals surface area contributed by atoms with Gasteiger partial charge in [0.05, 0.1) is 6.61 Å². The highest BCUT2D eigenvalue weighted by molar-refractivity contribution is 5.69. The van der Waals surface area contributed by atoms with Crippen molar-refractivity contribution in [3.8, 4) is 0 Å². The Morgan fingerprint density at radius 3 is 2.65 bits per heavy atom. The van der Waals surface area contributed by atoms with Crippen molar-refractivity contribution < 1.29 is 9.53 Å². The summed E-state index contributed by atoms with van der Waals surface area (Å²) >= 11 is 0. The van der Waals surface area contributed by atoms with Crippen molar-refractivity contribution in [1.29, 1.82) is 0 Å². The molecule has 2 heteroatoms. The lowest BCUT2D eigenvalue weighted by Gasteiger charge is -2.04. The second kappa shape index (κ2) is 7.66. The van der Waals surface area contributed by atoms with Crippen LogP contribution in [0, 0.1) is 0 Å². The zero-order valence-electron chi connectivity index (χ0n) is 10.4. The molecule has 0 aliphatic rings. The first-order valence-corrected chi connectivity index (χ1v) is 6.13. The molecular formula is C15H20O2. The van der Waals surface area contributed by atoms with Crippen LogP contribution in [-0.4, -0.2) is 12.6 Å². The van der Waals surface area contributed by atoms with Gasteiger partial charge in [-0.15, -0.1) is 0 Å². The molecule has 0 spiro atoms. The molecule has 0 bridgehead atoms. The number of hydrogen-bond donors (Lipinski definition) is 0. The monoisotopic (exact) mass is 232 g/mol. The number of aryl methyl sites for hydroxylation is 1. The molecular weight excluding hydrogens is 212 g/mol. The van der Waals surface area contributed by atoms with E-state index in [2.05, 4.69) is 18.7 Å². The largest absolute Gasteiger partial charge is 0.466 e. The summed E-state index contributed by atoms with van der Waals surface area (Å²) in [5, 5.41) is 0. The summed E-state index contributed by atoms with van der Waals surface area (Å²) < 4.78 is 5.09. The van der Waals surface area contributed by atoms with E-state index in [0.717, 1.165) is 24.8 Å². The maximum atomic E-state index is 11.1. The first-order chi connectivity index (χ1) is 8.26. The van der Waals surface area contributed by atoms with Crippen LogP contribution in [0.2, 0.25) is 0 Å². The zero-order valence-corrected chi connectivity index (χ0v) is 10.4. The van der Waals surface area contributed by atoms with E-state index in [1.165, 1.54) is 5.56 Å². The van der Waals surface area contributed by atoms with Crippen molar-refractivity contribution in [2.75, 3.05) is 6.61 Å². The molecule has 92 valence electrons. The van der Waals surface area contributed by atoms with Crippen molar-refractivity contribution in [2.24, 2.45) is 0 Å². The van der Waals surface area contributed by atoms with Crippen molar-refractivity contribution >= 4 is 12.0 Å². The lowest BCUT2D eigenvalue weighted by molar-refractivity contribution is -0.143. The number of hydrogen-bond acceptors (Lipinski definition) is 2. The molecule has 0 atom stereocenters. The SMILES string of the molecule is C=Cc1ccc(CCCOC(=O)CCC)cc1. The van der Waals surface area contributed by atoms with Gasteiger partial charge >= 0.3 is 5.97 Å². The minimum Gasteiger partial charge on any atom is -0.466 e. The van der Waals surface area contributed by atoms with E-state index in [0.29, 0.717) is 13.0 Å². The van der Waals surface area contributed by atoms with E-state index in [1.807, 2.05) is 25.1 Å². The Kier molecular flexibility index (Phi) is 6.08. The zero-order chi connectivity index (χ0) is 12.5. The minimum atomic E-state index is -0.0884. The topological polar surface area (TPSA) is 26.3 Å². The normalized spacial score (nSPS) is 9.94. The molecule has 0 aromatic heterocycles. The van der Waals surface area contributed by atoms with Crippen LogP contribution >= 0.6 is 0 Å². The Hall–Kier alpha value is -1.57. The van der Waals surface area contributed by atoms with Gasteiger partial charge in [0.15, 0.2) is 0 Å². The van der Waals surface area contributed by atoms with Gasteiger partial charge in [0.2, 0.25) is 0 Å². The van der Waals surface area contributed by atoms with E-state index < -0.39 is 0 Å². The first kappa shape index (κ1) is 13.5. The lowest BCUT2D eigenvalue weighted by atomic mass is 10.1. The third-order valence-electron chi connectivity index (χ3n) is 2.54. The van der Waals surface area contributed by atoms with Crippen LogP contribution in [0.1, 0.15) is 37.3 Å². The third-order valence-corrected chi connectivity index (χ3v) is 2.54. The fraction of sp³-hybridized carbons (Fsp3) is 0.400. The van der Waals surface area contributed by atoms with Crippen LogP contribution in [0.4, 0.5) is 0 Å². The molecule has 1 aromatic rings. The molecule has 1 aromatic carbocycles. The predicted molar refractivity (Wildman–Crippen MR) is 70.7 cm³/mol. The van der Waals surface area contributed by atoms with E-state index in [-0.39, 0.29) is 5.97 Å². The molecule has 1 rings (SSSR count). The Balaban J connectivity index is 2.21. The van der Waals surface area contributed by atoms with E-state index in [1.54, 1.807) is 0 Å². The van der Waals surface area contributed by atoms with Crippen LogP contribution in [0.15, 0.2) is 30.8 Å². The Labute approximate surface area is 103 Å². The van der Waals surface area contributed by atoms with Gasteiger partial charge in [-0.1, -0.05) is 43.8 Å². The van der Waals surface area contributed by atoms with Gasteiger partial charge in [0, 0.05) is 6.42 Å². The molecule has 0 aliphatic carbocycles. The molecule has 0 radical (unpaired) electrons. The Morgan fingerprint density at radius 1 is 1.35 bits per heavy atom. The molecule has 0 unspecified atom stereocenters. The summed E-state index contributed by atoms with van der Waals surface area (Å²) in [5.41, 5.74) is 2.39. The number of benzene rings is 1. The van der Waals surface area contributed by atoms with Crippen LogP contribution in [0.3, 0.4) is 0 Å². The van der Waals surface area contributed by atoms with E-state index in [4.69, 9.17) is 4.74 Å². The smallest absolute Gasteiger partial charge is 0.305 e. The standard InChI is InChI=1S/C15H20O2/c1-3-6-15(16)17-12-5-7-14-10-8-13(4-2)9-11-14/h4,8-11H,2-3,5-7,12H2,1H3. The van der Waals surface area contributed by atoms with Crippen LogP contribution < -0.4 is 0 Å². The molecule has 0 amide bonds. The second-order valence-corrected chi connectivity index (χ2v) is 4.02. The van der Waals surface area contributed by atoms with Crippen molar-refractivity contribution in [1.82, 2.24) is 0 Å². The third kappa shape index (κ3) is 5.34. The maximum Gasteiger partial charge on any atom is 0.305 e. The van der Waals surface area contributed by atoms with Crippen molar-refractivity contribution in [3.05, 3.63) is 42.0 Å². The number of carbonyl (C=O) groups excluding carboxylic acids is 1. The van der Waals surface area contributed by atoms with Gasteiger partial charge in [-0.3, -0.25) is 4.79 Å². The number of rotatable bonds is 7. The maximum absolute atomic E-state index is 11.1. The minimum absolute atomic E-state index is 0.0884. The summed E-state index contributed by atoms with van der Waals surface area (Å²) in [5.74, 6) is -0.0884. The van der Waals surface area contributed by atoms with Crippen molar-refractivity contribution in [3.63, 3.8) is 0 Å². The first-order valence-electron chi connectivity index (χ1n) is 6.13. The van der Waals surface area contributed by atoms with Gasteiger partial charge in [-0.05, 0) is 30.4 Å². The molecule has 2 nitrogen and oxygen atoms in total. The molecule has 0 N–H and O–H groups in total. The highest BCUT2D eigenvalue weighted by atomic mass is 16.5. The number of esters is 1. The average molecular weight is 232 g/mol. The van der Waals surface area contributed by atoms with E-state index in [9.17, 15) is 4.79 Å². The summed E-state index contributed by atoms with van der Waals surface area (Å²) in [6.07, 6.45) is 5.02. The summed E-state index contributed by atoms with van der Waals surface area (Å²) in [7, 11) is 0.